The summed E-state index contributed by atoms with van der Waals surface area (Å²) in [5.74, 6) is 0.495. The van der Waals surface area contributed by atoms with E-state index in [2.05, 4.69) is 4.98 Å². The summed E-state index contributed by atoms with van der Waals surface area (Å²) in [4.78, 5) is 16.1. The van der Waals surface area contributed by atoms with Gasteiger partial charge in [-0.3, -0.25) is 9.78 Å². The van der Waals surface area contributed by atoms with Crippen LogP contribution in [0.25, 0.3) is 0 Å². The van der Waals surface area contributed by atoms with E-state index >= 15 is 0 Å². The average Bonchev–Trinajstić information content (AvgIpc) is 2.98. The van der Waals surface area contributed by atoms with Gasteiger partial charge in [0.05, 0.1) is 17.2 Å². The quantitative estimate of drug-likeness (QED) is 0.692. The van der Waals surface area contributed by atoms with Crippen LogP contribution in [0.3, 0.4) is 0 Å². The molecule has 1 saturated heterocycles. The van der Waals surface area contributed by atoms with E-state index < -0.39 is 9.84 Å². The number of hydrogen-bond acceptors (Lipinski definition) is 6. The molecular weight excluding hydrogens is 354 g/mol. The summed E-state index contributed by atoms with van der Waals surface area (Å²) in [6.07, 6.45) is 2.42. The summed E-state index contributed by atoms with van der Waals surface area (Å²) >= 11 is 0. The molecule has 1 fully saturated rings. The molecule has 2 aromatic rings. The zero-order valence-corrected chi connectivity index (χ0v) is 15.2. The Balaban J connectivity index is 1.42. The largest absolute Gasteiger partial charge is 0.487 e. The Bertz CT molecular complexity index is 834. The Hall–Kier alpha value is -2.41. The number of hydrogen-bond donors (Lipinski definition) is 0. The fraction of sp³-hybridized carbons (Fsp3) is 0.368. The molecule has 0 bridgehead atoms. The average molecular weight is 375 g/mol. The minimum atomic E-state index is -2.96. The first-order valence-electron chi connectivity index (χ1n) is 8.48. The van der Waals surface area contributed by atoms with Crippen LogP contribution in [0.15, 0.2) is 48.7 Å². The molecule has 1 unspecified atom stereocenters. The SMILES string of the molecule is O=C(CC1CCS(=O)(=O)C1)OCc1ccc(OCc2ccccn2)cc1. The molecule has 0 aliphatic carbocycles. The molecule has 0 N–H and O–H groups in total. The van der Waals surface area contributed by atoms with Crippen molar-refractivity contribution >= 4 is 15.8 Å². The van der Waals surface area contributed by atoms with Crippen molar-refractivity contribution in [1.82, 2.24) is 4.98 Å². The van der Waals surface area contributed by atoms with Gasteiger partial charge in [-0.05, 0) is 42.2 Å². The van der Waals surface area contributed by atoms with Gasteiger partial charge in [0.2, 0.25) is 0 Å². The van der Waals surface area contributed by atoms with Crippen molar-refractivity contribution < 1.29 is 22.7 Å². The lowest BCUT2D eigenvalue weighted by molar-refractivity contribution is -0.145. The second-order valence-electron chi connectivity index (χ2n) is 6.39. The molecule has 1 aromatic heterocycles. The van der Waals surface area contributed by atoms with E-state index in [1.54, 1.807) is 6.20 Å². The number of benzene rings is 1. The van der Waals surface area contributed by atoms with Crippen molar-refractivity contribution in [2.75, 3.05) is 11.5 Å². The summed E-state index contributed by atoms with van der Waals surface area (Å²) in [5.41, 5.74) is 1.70. The molecular formula is C19H21NO5S. The fourth-order valence-corrected chi connectivity index (χ4v) is 4.68. The number of rotatable bonds is 7. The summed E-state index contributed by atoms with van der Waals surface area (Å²) in [6, 6.07) is 13.0. The van der Waals surface area contributed by atoms with Crippen LogP contribution in [0.4, 0.5) is 0 Å². The van der Waals surface area contributed by atoms with Crippen molar-refractivity contribution in [2.24, 2.45) is 5.92 Å². The highest BCUT2D eigenvalue weighted by atomic mass is 32.2. The summed E-state index contributed by atoms with van der Waals surface area (Å²) in [5, 5.41) is 0. The normalized spacial score (nSPS) is 18.4. The third kappa shape index (κ3) is 5.56. The highest BCUT2D eigenvalue weighted by Gasteiger charge is 2.29. The molecule has 0 saturated carbocycles. The third-order valence-corrected chi connectivity index (χ3v) is 6.06. The van der Waals surface area contributed by atoms with Crippen molar-refractivity contribution in [1.29, 1.82) is 0 Å². The predicted octanol–water partition coefficient (Wildman–Crippen LogP) is 2.53. The van der Waals surface area contributed by atoms with Crippen LogP contribution in [-0.2, 0) is 32.6 Å². The van der Waals surface area contributed by atoms with E-state index in [4.69, 9.17) is 9.47 Å². The number of sulfone groups is 1. The molecule has 2 heterocycles. The van der Waals surface area contributed by atoms with Gasteiger partial charge in [0.25, 0.3) is 0 Å². The Morgan fingerprint density at radius 3 is 2.58 bits per heavy atom. The van der Waals surface area contributed by atoms with Gasteiger partial charge in [0.1, 0.15) is 19.0 Å². The third-order valence-electron chi connectivity index (χ3n) is 4.22. The van der Waals surface area contributed by atoms with Gasteiger partial charge < -0.3 is 9.47 Å². The van der Waals surface area contributed by atoms with Crippen LogP contribution in [-0.4, -0.2) is 30.9 Å². The van der Waals surface area contributed by atoms with Gasteiger partial charge in [0.15, 0.2) is 9.84 Å². The van der Waals surface area contributed by atoms with Crippen LogP contribution in [0.5, 0.6) is 5.75 Å². The number of ether oxygens (including phenoxy) is 2. The van der Waals surface area contributed by atoms with Gasteiger partial charge in [-0.2, -0.15) is 0 Å². The van der Waals surface area contributed by atoms with Crippen LogP contribution >= 0.6 is 0 Å². The first kappa shape index (κ1) is 18.4. The molecule has 26 heavy (non-hydrogen) atoms. The Morgan fingerprint density at radius 1 is 1.12 bits per heavy atom. The molecule has 3 rings (SSSR count). The number of esters is 1. The molecule has 6 nitrogen and oxygen atoms in total. The lowest BCUT2D eigenvalue weighted by atomic mass is 10.1. The van der Waals surface area contributed by atoms with Crippen molar-refractivity contribution in [3.63, 3.8) is 0 Å². The highest BCUT2D eigenvalue weighted by molar-refractivity contribution is 7.91. The lowest BCUT2D eigenvalue weighted by Crippen LogP contribution is -2.13. The molecule has 0 amide bonds. The minimum absolute atomic E-state index is 0.0877. The number of pyridine rings is 1. The minimum Gasteiger partial charge on any atom is -0.487 e. The first-order valence-corrected chi connectivity index (χ1v) is 10.3. The van der Waals surface area contributed by atoms with E-state index in [1.807, 2.05) is 42.5 Å². The molecule has 138 valence electrons. The molecule has 1 aliphatic heterocycles. The fourth-order valence-electron chi connectivity index (χ4n) is 2.81. The van der Waals surface area contributed by atoms with E-state index in [-0.39, 0.29) is 36.4 Å². The van der Waals surface area contributed by atoms with E-state index in [1.165, 1.54) is 0 Å². The van der Waals surface area contributed by atoms with Crippen molar-refractivity contribution in [2.45, 2.75) is 26.1 Å². The maximum absolute atomic E-state index is 11.9. The van der Waals surface area contributed by atoms with E-state index in [9.17, 15) is 13.2 Å². The molecule has 0 spiro atoms. The summed E-state index contributed by atoms with van der Waals surface area (Å²) in [7, 11) is -2.96. The number of carbonyl (C=O) groups is 1. The van der Waals surface area contributed by atoms with Gasteiger partial charge in [0, 0.05) is 12.6 Å². The van der Waals surface area contributed by atoms with Gasteiger partial charge in [-0.1, -0.05) is 18.2 Å². The second-order valence-corrected chi connectivity index (χ2v) is 8.62. The van der Waals surface area contributed by atoms with Crippen LogP contribution in [0.2, 0.25) is 0 Å². The van der Waals surface area contributed by atoms with E-state index in [0.717, 1.165) is 11.3 Å². The predicted molar refractivity (Wildman–Crippen MR) is 96.2 cm³/mol. The Kier molecular flexibility index (Phi) is 5.88. The van der Waals surface area contributed by atoms with Gasteiger partial charge in [-0.25, -0.2) is 8.42 Å². The number of nitrogens with zero attached hydrogens (tertiary/aromatic N) is 1. The molecule has 1 atom stereocenters. The zero-order chi connectivity index (χ0) is 18.4. The van der Waals surface area contributed by atoms with Crippen LogP contribution < -0.4 is 4.74 Å². The van der Waals surface area contributed by atoms with Crippen LogP contribution in [0, 0.1) is 5.92 Å². The van der Waals surface area contributed by atoms with Crippen molar-refractivity contribution in [3.05, 3.63) is 59.9 Å². The summed E-state index contributed by atoms with van der Waals surface area (Å²) in [6.45, 7) is 0.554. The Morgan fingerprint density at radius 2 is 1.92 bits per heavy atom. The maximum Gasteiger partial charge on any atom is 0.306 e. The topological polar surface area (TPSA) is 82.6 Å². The molecule has 1 aliphatic rings. The maximum atomic E-state index is 11.9. The number of aromatic nitrogens is 1. The highest BCUT2D eigenvalue weighted by Crippen LogP contribution is 2.22. The Labute approximate surface area is 153 Å². The molecule has 7 heteroatoms. The molecule has 0 radical (unpaired) electrons. The van der Waals surface area contributed by atoms with Gasteiger partial charge >= 0.3 is 5.97 Å². The van der Waals surface area contributed by atoms with Crippen molar-refractivity contribution in [3.8, 4) is 5.75 Å². The smallest absolute Gasteiger partial charge is 0.306 e. The first-order chi connectivity index (χ1) is 12.5. The standard InChI is InChI=1S/C19H21NO5S/c21-19(11-16-8-10-26(22,23)14-16)25-12-15-4-6-18(7-5-15)24-13-17-3-1-2-9-20-17/h1-7,9,16H,8,10-14H2. The second kappa shape index (κ2) is 8.31. The van der Waals surface area contributed by atoms with Gasteiger partial charge in [-0.15, -0.1) is 0 Å². The zero-order valence-electron chi connectivity index (χ0n) is 14.3. The lowest BCUT2D eigenvalue weighted by Gasteiger charge is -2.09. The van der Waals surface area contributed by atoms with E-state index in [0.29, 0.717) is 18.8 Å². The molecule has 1 aromatic carbocycles. The number of carbonyl (C=O) groups excluding carboxylic acids is 1. The summed E-state index contributed by atoms with van der Waals surface area (Å²) < 4.78 is 33.7. The monoisotopic (exact) mass is 375 g/mol. The van der Waals surface area contributed by atoms with Crippen LogP contribution in [0.1, 0.15) is 24.1 Å².